The lowest BCUT2D eigenvalue weighted by atomic mass is 10.4. The Kier molecular flexibility index (Phi) is 5.39. The fourth-order valence-electron chi connectivity index (χ4n) is 1.93. The molecule has 126 valence electrons. The molecule has 25 heavy (non-hydrogen) atoms. The average molecular weight is 336 g/mol. The van der Waals surface area contributed by atoms with E-state index in [0.717, 1.165) is 0 Å². The Labute approximate surface area is 144 Å². The van der Waals surface area contributed by atoms with E-state index in [9.17, 15) is 4.79 Å². The first-order valence-corrected chi connectivity index (χ1v) is 7.61. The van der Waals surface area contributed by atoms with E-state index in [4.69, 9.17) is 0 Å². The Hall–Kier alpha value is -3.62. The van der Waals surface area contributed by atoms with E-state index in [2.05, 4.69) is 41.1 Å². The first kappa shape index (κ1) is 16.2. The Morgan fingerprint density at radius 1 is 0.880 bits per heavy atom. The summed E-state index contributed by atoms with van der Waals surface area (Å²) in [7, 11) is 0. The Balaban J connectivity index is 1.42. The summed E-state index contributed by atoms with van der Waals surface area (Å²) < 4.78 is 0. The molecule has 3 N–H and O–H groups in total. The molecule has 0 aliphatic rings. The number of nitrogens with one attached hydrogen (secondary N) is 3. The van der Waals surface area contributed by atoms with Gasteiger partial charge in [-0.15, -0.1) is 10.2 Å². The van der Waals surface area contributed by atoms with Crippen LogP contribution in [0.3, 0.4) is 0 Å². The quantitative estimate of drug-likeness (QED) is 0.552. The molecule has 0 aliphatic heterocycles. The number of rotatable bonds is 7. The smallest absolute Gasteiger partial charge is 0.271 e. The van der Waals surface area contributed by atoms with Gasteiger partial charge in [0.15, 0.2) is 5.82 Å². The molecule has 1 amide bonds. The maximum absolute atomic E-state index is 11.8. The van der Waals surface area contributed by atoms with Gasteiger partial charge in [-0.05, 0) is 24.3 Å². The molecule has 3 heterocycles. The monoisotopic (exact) mass is 336 g/mol. The van der Waals surface area contributed by atoms with E-state index in [1.165, 1.54) is 18.6 Å². The first-order valence-electron chi connectivity index (χ1n) is 7.61. The summed E-state index contributed by atoms with van der Waals surface area (Å²) >= 11 is 0. The van der Waals surface area contributed by atoms with E-state index in [-0.39, 0.29) is 11.6 Å². The lowest BCUT2D eigenvalue weighted by Gasteiger charge is -2.07. The van der Waals surface area contributed by atoms with E-state index >= 15 is 0 Å². The van der Waals surface area contributed by atoms with Crippen molar-refractivity contribution < 1.29 is 4.79 Å². The summed E-state index contributed by atoms with van der Waals surface area (Å²) in [5.74, 6) is 1.64. The number of nitrogens with zero attached hydrogens (tertiary/aromatic N) is 5. The van der Waals surface area contributed by atoms with Crippen molar-refractivity contribution in [2.45, 2.75) is 0 Å². The van der Waals surface area contributed by atoms with E-state index in [0.29, 0.717) is 30.5 Å². The molecule has 9 heteroatoms. The van der Waals surface area contributed by atoms with Gasteiger partial charge in [-0.1, -0.05) is 6.07 Å². The lowest BCUT2D eigenvalue weighted by Crippen LogP contribution is -2.29. The van der Waals surface area contributed by atoms with Crippen molar-refractivity contribution in [2.75, 3.05) is 23.7 Å². The maximum Gasteiger partial charge on any atom is 0.271 e. The fraction of sp³-hybridized carbons (Fsp3) is 0.125. The summed E-state index contributed by atoms with van der Waals surface area (Å²) in [6.45, 7) is 0.929. The minimum absolute atomic E-state index is 0.268. The third-order valence-corrected chi connectivity index (χ3v) is 3.10. The highest BCUT2D eigenvalue weighted by Gasteiger charge is 2.05. The number of pyridine rings is 1. The van der Waals surface area contributed by atoms with Gasteiger partial charge in [0.05, 0.1) is 6.20 Å². The number of hydrogen-bond acceptors (Lipinski definition) is 8. The predicted molar refractivity (Wildman–Crippen MR) is 92.4 cm³/mol. The fourth-order valence-corrected chi connectivity index (χ4v) is 1.93. The molecule has 3 rings (SSSR count). The largest absolute Gasteiger partial charge is 0.367 e. The zero-order valence-electron chi connectivity index (χ0n) is 13.3. The predicted octanol–water partition coefficient (Wildman–Crippen LogP) is 1.25. The minimum atomic E-state index is -0.268. The van der Waals surface area contributed by atoms with E-state index in [1.807, 2.05) is 18.2 Å². The Bertz CT molecular complexity index is 795. The molecule has 9 nitrogen and oxygen atoms in total. The van der Waals surface area contributed by atoms with Gasteiger partial charge in [0.2, 0.25) is 0 Å². The number of carbonyl (C=O) groups excluding carboxylic acids is 1. The number of hydrogen-bond donors (Lipinski definition) is 3. The summed E-state index contributed by atoms with van der Waals surface area (Å²) in [5.41, 5.74) is 0.284. The van der Waals surface area contributed by atoms with Crippen LogP contribution >= 0.6 is 0 Å². The van der Waals surface area contributed by atoms with Crippen molar-refractivity contribution in [1.82, 2.24) is 30.5 Å². The van der Waals surface area contributed by atoms with Gasteiger partial charge in [0.25, 0.3) is 5.91 Å². The molecule has 0 spiro atoms. The van der Waals surface area contributed by atoms with Crippen molar-refractivity contribution in [3.8, 4) is 0 Å². The summed E-state index contributed by atoms with van der Waals surface area (Å²) in [4.78, 5) is 23.7. The molecule has 0 atom stereocenters. The van der Waals surface area contributed by atoms with Gasteiger partial charge in [0, 0.05) is 31.7 Å². The molecule has 0 unspecified atom stereocenters. The molecule has 0 aliphatic carbocycles. The van der Waals surface area contributed by atoms with Crippen LogP contribution in [0.1, 0.15) is 10.5 Å². The second kappa shape index (κ2) is 8.29. The van der Waals surface area contributed by atoms with Gasteiger partial charge < -0.3 is 16.0 Å². The van der Waals surface area contributed by atoms with Gasteiger partial charge >= 0.3 is 0 Å². The number of amides is 1. The van der Waals surface area contributed by atoms with Crippen molar-refractivity contribution in [3.05, 3.63) is 60.8 Å². The standard InChI is InChI=1S/C16H16N8O/c25-16(12-11-17-7-8-18-12)21-10-9-20-14-4-5-15(24-23-14)22-13-3-1-2-6-19-13/h1-8,11H,9-10H2,(H,20,23)(H,21,25)(H,19,22,24). The number of carbonyl (C=O) groups is 1. The van der Waals surface area contributed by atoms with Crippen LogP contribution in [0.4, 0.5) is 17.5 Å². The second-order valence-corrected chi connectivity index (χ2v) is 4.92. The molecule has 0 bridgehead atoms. The zero-order valence-corrected chi connectivity index (χ0v) is 13.3. The van der Waals surface area contributed by atoms with Crippen LogP contribution in [0.25, 0.3) is 0 Å². The molecule has 0 saturated carbocycles. The van der Waals surface area contributed by atoms with Crippen LogP contribution in [0.2, 0.25) is 0 Å². The first-order chi connectivity index (χ1) is 12.3. The van der Waals surface area contributed by atoms with Crippen LogP contribution in [-0.2, 0) is 0 Å². The average Bonchev–Trinajstić information content (AvgIpc) is 2.68. The van der Waals surface area contributed by atoms with Crippen LogP contribution in [0.15, 0.2) is 55.1 Å². The topological polar surface area (TPSA) is 118 Å². The normalized spacial score (nSPS) is 10.1. The second-order valence-electron chi connectivity index (χ2n) is 4.92. The minimum Gasteiger partial charge on any atom is -0.367 e. The molecule has 0 saturated heterocycles. The van der Waals surface area contributed by atoms with Gasteiger partial charge in [-0.25, -0.2) is 9.97 Å². The Morgan fingerprint density at radius 3 is 2.48 bits per heavy atom. The third-order valence-electron chi connectivity index (χ3n) is 3.10. The molecule has 3 aromatic rings. The van der Waals surface area contributed by atoms with Crippen molar-refractivity contribution in [2.24, 2.45) is 0 Å². The van der Waals surface area contributed by atoms with Crippen molar-refractivity contribution >= 4 is 23.4 Å². The lowest BCUT2D eigenvalue weighted by molar-refractivity contribution is 0.0950. The van der Waals surface area contributed by atoms with Crippen molar-refractivity contribution in [3.63, 3.8) is 0 Å². The van der Waals surface area contributed by atoms with Gasteiger partial charge in [-0.3, -0.25) is 9.78 Å². The SMILES string of the molecule is O=C(NCCNc1ccc(Nc2ccccn2)nn1)c1cnccn1. The maximum atomic E-state index is 11.8. The number of aromatic nitrogens is 5. The van der Waals surface area contributed by atoms with Gasteiger partial charge in [0.1, 0.15) is 17.3 Å². The molecule has 0 fully saturated rings. The third kappa shape index (κ3) is 4.93. The molecule has 0 aromatic carbocycles. The summed E-state index contributed by atoms with van der Waals surface area (Å²) in [5, 5.41) is 17.0. The van der Waals surface area contributed by atoms with Gasteiger partial charge in [-0.2, -0.15) is 0 Å². The highest BCUT2D eigenvalue weighted by Crippen LogP contribution is 2.11. The molecular weight excluding hydrogens is 320 g/mol. The summed E-state index contributed by atoms with van der Waals surface area (Å²) in [6, 6.07) is 9.15. The number of anilines is 3. The van der Waals surface area contributed by atoms with E-state index in [1.54, 1.807) is 18.3 Å². The summed E-state index contributed by atoms with van der Waals surface area (Å²) in [6.07, 6.45) is 6.11. The van der Waals surface area contributed by atoms with Crippen LogP contribution < -0.4 is 16.0 Å². The highest BCUT2D eigenvalue weighted by atomic mass is 16.1. The zero-order chi connectivity index (χ0) is 17.3. The van der Waals surface area contributed by atoms with Crippen LogP contribution in [0, 0.1) is 0 Å². The highest BCUT2D eigenvalue weighted by molar-refractivity contribution is 5.91. The van der Waals surface area contributed by atoms with Crippen LogP contribution in [0.5, 0.6) is 0 Å². The Morgan fingerprint density at radius 2 is 1.76 bits per heavy atom. The van der Waals surface area contributed by atoms with Crippen molar-refractivity contribution in [1.29, 1.82) is 0 Å². The molecule has 3 aromatic heterocycles. The van der Waals surface area contributed by atoms with E-state index < -0.39 is 0 Å². The molecule has 0 radical (unpaired) electrons. The molecular formula is C16H16N8O. The van der Waals surface area contributed by atoms with Crippen LogP contribution in [-0.4, -0.2) is 44.1 Å².